The Morgan fingerprint density at radius 2 is 1.78 bits per heavy atom. The maximum absolute atomic E-state index is 14.0. The number of ether oxygens (including phenoxy) is 2. The summed E-state index contributed by atoms with van der Waals surface area (Å²) in [6, 6.07) is 8.69. The molecule has 0 bridgehead atoms. The zero-order valence-corrected chi connectivity index (χ0v) is 26.3. The van der Waals surface area contributed by atoms with Gasteiger partial charge >= 0.3 is 5.97 Å². The predicted octanol–water partition coefficient (Wildman–Crippen LogP) is 4.02. The van der Waals surface area contributed by atoms with Gasteiger partial charge in [-0.1, -0.05) is 26.0 Å². The van der Waals surface area contributed by atoms with Crippen LogP contribution in [0.15, 0.2) is 53.0 Å². The molecule has 1 unspecified atom stereocenters. The van der Waals surface area contributed by atoms with Gasteiger partial charge < -0.3 is 35.6 Å². The fraction of sp³-hybridized carbons (Fsp3) is 0.429. The van der Waals surface area contributed by atoms with Crippen molar-refractivity contribution in [3.05, 3.63) is 69.7 Å². The molecular formula is C35H39NO10. The third-order valence-electron chi connectivity index (χ3n) is 9.64. The quantitative estimate of drug-likeness (QED) is 0.199. The minimum atomic E-state index is -2.63. The fourth-order valence-corrected chi connectivity index (χ4v) is 7.29. The van der Waals surface area contributed by atoms with E-state index in [1.54, 1.807) is 19.1 Å². The normalized spacial score (nSPS) is 23.1. The van der Waals surface area contributed by atoms with E-state index in [0.717, 1.165) is 5.56 Å². The Hall–Kier alpha value is -4.64. The van der Waals surface area contributed by atoms with E-state index in [1.807, 2.05) is 26.0 Å². The molecule has 0 saturated heterocycles. The summed E-state index contributed by atoms with van der Waals surface area (Å²) in [6.45, 7) is 6.03. The summed E-state index contributed by atoms with van der Waals surface area (Å²) in [4.78, 5) is 51.7. The lowest BCUT2D eigenvalue weighted by molar-refractivity contribution is -0.150. The molecule has 46 heavy (non-hydrogen) atoms. The zero-order valence-electron chi connectivity index (χ0n) is 26.3. The van der Waals surface area contributed by atoms with Gasteiger partial charge in [0, 0.05) is 23.5 Å². The number of amides is 1. The number of aliphatic hydroxyl groups is 3. The van der Waals surface area contributed by atoms with Crippen LogP contribution in [0.5, 0.6) is 11.5 Å². The van der Waals surface area contributed by atoms with E-state index in [2.05, 4.69) is 0 Å². The van der Waals surface area contributed by atoms with E-state index in [-0.39, 0.29) is 54.0 Å². The Kier molecular flexibility index (Phi) is 8.74. The number of phenols is 1. The number of carbonyl (C=O) groups excluding carboxylic acids is 4. The molecule has 6 N–H and O–H groups in total. The highest BCUT2D eigenvalue weighted by Gasteiger charge is 2.59. The van der Waals surface area contributed by atoms with Crippen LogP contribution in [0.25, 0.3) is 11.1 Å². The number of benzene rings is 2. The molecule has 1 amide bonds. The number of phenolic OH excluding ortho intramolecular Hbond substituents is 1. The van der Waals surface area contributed by atoms with Crippen LogP contribution in [-0.2, 0) is 32.0 Å². The van der Waals surface area contributed by atoms with Gasteiger partial charge in [0.1, 0.15) is 28.6 Å². The molecule has 0 aromatic heterocycles. The van der Waals surface area contributed by atoms with Crippen molar-refractivity contribution in [1.82, 2.24) is 0 Å². The third-order valence-corrected chi connectivity index (χ3v) is 9.64. The number of allylic oxidation sites excluding steroid dienone is 2. The smallest absolute Gasteiger partial charge is 0.309 e. The van der Waals surface area contributed by atoms with Crippen molar-refractivity contribution in [3.63, 3.8) is 0 Å². The molecule has 2 aromatic carbocycles. The molecule has 3 aliphatic carbocycles. The maximum atomic E-state index is 14.0. The molecule has 0 spiro atoms. The molecule has 0 aliphatic heterocycles. The van der Waals surface area contributed by atoms with Crippen LogP contribution in [0, 0.1) is 23.7 Å². The Balaban J connectivity index is 1.57. The van der Waals surface area contributed by atoms with Crippen molar-refractivity contribution >= 4 is 23.4 Å². The van der Waals surface area contributed by atoms with E-state index in [9.17, 15) is 39.6 Å². The number of esters is 1. The number of aryl methyl sites for hydroxylation is 1. The van der Waals surface area contributed by atoms with E-state index >= 15 is 0 Å². The number of aromatic hydroxyl groups is 1. The van der Waals surface area contributed by atoms with Crippen LogP contribution in [-0.4, -0.2) is 63.2 Å². The Morgan fingerprint density at radius 1 is 1.07 bits per heavy atom. The number of ketones is 2. The van der Waals surface area contributed by atoms with Gasteiger partial charge in [-0.2, -0.15) is 0 Å². The summed E-state index contributed by atoms with van der Waals surface area (Å²) < 4.78 is 11.0. The predicted molar refractivity (Wildman–Crippen MR) is 166 cm³/mol. The summed E-state index contributed by atoms with van der Waals surface area (Å²) in [6.07, 6.45) is 1.01. The van der Waals surface area contributed by atoms with Crippen molar-refractivity contribution in [2.24, 2.45) is 29.4 Å². The van der Waals surface area contributed by atoms with Gasteiger partial charge in [-0.25, -0.2) is 0 Å². The highest BCUT2D eigenvalue weighted by molar-refractivity contribution is 6.24. The molecule has 4 atom stereocenters. The molecule has 5 rings (SSSR count). The van der Waals surface area contributed by atoms with Gasteiger partial charge in [0.25, 0.3) is 5.91 Å². The first-order valence-corrected chi connectivity index (χ1v) is 15.4. The second kappa shape index (κ2) is 12.3. The number of methoxy groups -OCH3 is 1. The molecule has 3 aliphatic rings. The van der Waals surface area contributed by atoms with Crippen molar-refractivity contribution in [2.45, 2.75) is 58.5 Å². The summed E-state index contributed by atoms with van der Waals surface area (Å²) >= 11 is 0. The number of hydrogen-bond donors (Lipinski definition) is 5. The largest absolute Gasteiger partial charge is 0.511 e. The Labute approximate surface area is 266 Å². The zero-order chi connectivity index (χ0) is 33.7. The van der Waals surface area contributed by atoms with Gasteiger partial charge in [0.2, 0.25) is 5.78 Å². The summed E-state index contributed by atoms with van der Waals surface area (Å²) in [5.41, 5.74) is 4.22. The van der Waals surface area contributed by atoms with Crippen LogP contribution >= 0.6 is 0 Å². The number of primary amides is 1. The van der Waals surface area contributed by atoms with Crippen molar-refractivity contribution < 1.29 is 49.1 Å². The number of Topliss-reactive ketones (excluding diaryl/α,β-unsaturated/α-hetero) is 2. The molecule has 2 aromatic rings. The lowest BCUT2D eigenvalue weighted by Crippen LogP contribution is -2.57. The van der Waals surface area contributed by atoms with Gasteiger partial charge in [-0.3, -0.25) is 19.2 Å². The summed E-state index contributed by atoms with van der Waals surface area (Å²) in [5.74, 6) is -6.72. The maximum Gasteiger partial charge on any atom is 0.309 e. The highest BCUT2D eigenvalue weighted by Crippen LogP contribution is 2.52. The molecule has 11 nitrogen and oxygen atoms in total. The van der Waals surface area contributed by atoms with Crippen LogP contribution < -0.4 is 10.5 Å². The van der Waals surface area contributed by atoms with Crippen LogP contribution in [0.1, 0.15) is 61.5 Å². The van der Waals surface area contributed by atoms with E-state index in [1.165, 1.54) is 13.2 Å². The average Bonchev–Trinajstić information content (AvgIpc) is 2.99. The van der Waals surface area contributed by atoms with Crippen molar-refractivity contribution in [1.29, 1.82) is 0 Å². The van der Waals surface area contributed by atoms with Crippen LogP contribution in [0.4, 0.5) is 0 Å². The number of rotatable bonds is 9. The second-order valence-electron chi connectivity index (χ2n) is 12.6. The van der Waals surface area contributed by atoms with E-state index in [4.69, 9.17) is 15.2 Å². The molecule has 0 saturated carbocycles. The van der Waals surface area contributed by atoms with Gasteiger partial charge in [-0.05, 0) is 79.3 Å². The monoisotopic (exact) mass is 633 g/mol. The minimum Gasteiger partial charge on any atom is -0.511 e. The molecule has 0 fully saturated rings. The van der Waals surface area contributed by atoms with Crippen LogP contribution in [0.2, 0.25) is 0 Å². The van der Waals surface area contributed by atoms with E-state index in [0.29, 0.717) is 41.9 Å². The Bertz CT molecular complexity index is 1700. The highest BCUT2D eigenvalue weighted by atomic mass is 16.5. The lowest BCUT2D eigenvalue weighted by Gasteiger charge is -2.45. The second-order valence-corrected chi connectivity index (χ2v) is 12.6. The Morgan fingerprint density at radius 3 is 2.41 bits per heavy atom. The van der Waals surface area contributed by atoms with Gasteiger partial charge in [0.05, 0.1) is 25.2 Å². The van der Waals surface area contributed by atoms with Crippen molar-refractivity contribution in [2.75, 3.05) is 13.7 Å². The lowest BCUT2D eigenvalue weighted by atomic mass is 9.60. The fourth-order valence-electron chi connectivity index (χ4n) is 7.29. The number of hydrogen-bond acceptors (Lipinski definition) is 10. The first-order chi connectivity index (χ1) is 21.8. The number of nitrogens with two attached hydrogens (primary N) is 1. The van der Waals surface area contributed by atoms with Gasteiger partial charge in [-0.15, -0.1) is 0 Å². The first kappa shape index (κ1) is 32.7. The molecular weight excluding hydrogens is 594 g/mol. The molecule has 244 valence electrons. The van der Waals surface area contributed by atoms with E-state index < -0.39 is 52.0 Å². The molecule has 0 heterocycles. The number of aliphatic hydroxyl groups excluding tert-OH is 2. The standard InChI is InChI=1S/C35H39NO10/c1-5-46-34(43)20(16(2)3)8-6-17-7-11-26(45-4)22(12-17)21-9-10-24(37)28-23(21)14-18-13-19-15-25(38)29(33(36)42)32(41)35(19,44)31(40)27(18)30(28)39/h7,9-12,16,18-20,37-38,40,44H,5-6,8,13-15H2,1-4H3,(H2,36,42)/t18-,19+,20?,35+/m1/s1. The van der Waals surface area contributed by atoms with Gasteiger partial charge in [0.15, 0.2) is 11.4 Å². The topological polar surface area (TPSA) is 194 Å². The summed E-state index contributed by atoms with van der Waals surface area (Å²) in [5, 5.41) is 44.2. The number of carbonyl (C=O) groups is 4. The molecule has 11 heteroatoms. The first-order valence-electron chi connectivity index (χ1n) is 15.4. The minimum absolute atomic E-state index is 0.0274. The third kappa shape index (κ3) is 5.22. The number of fused-ring (bicyclic) bond motifs is 3. The van der Waals surface area contributed by atoms with Crippen LogP contribution in [0.3, 0.4) is 0 Å². The molecule has 0 radical (unpaired) electrons. The van der Waals surface area contributed by atoms with Crippen molar-refractivity contribution in [3.8, 4) is 22.6 Å². The SMILES string of the molecule is CCOC(=O)C(CCc1ccc(OC)c(-c2ccc(O)c3c2C[C@H]2C[C@H]4CC(O)=C(C(N)=O)C(=O)[C@@]4(O)C(O)=C2C3=O)c1)C(C)C. The average molecular weight is 634 g/mol. The summed E-state index contributed by atoms with van der Waals surface area (Å²) in [7, 11) is 1.52.